The first kappa shape index (κ1) is 15.1. The van der Waals surface area contributed by atoms with Crippen LogP contribution in [0.1, 0.15) is 30.9 Å². The van der Waals surface area contributed by atoms with Gasteiger partial charge in [-0.25, -0.2) is 0 Å². The number of likely N-dealkylation sites (tertiary alicyclic amines) is 1. The Labute approximate surface area is 121 Å². The molecule has 1 heterocycles. The molecule has 0 bridgehead atoms. The van der Waals surface area contributed by atoms with Gasteiger partial charge >= 0.3 is 0 Å². The molecule has 20 heavy (non-hydrogen) atoms. The molecule has 0 unspecified atom stereocenters. The van der Waals surface area contributed by atoms with Crippen molar-refractivity contribution in [2.24, 2.45) is 0 Å². The maximum absolute atomic E-state index is 8.73. The van der Waals surface area contributed by atoms with Gasteiger partial charge in [-0.2, -0.15) is 0 Å². The lowest BCUT2D eigenvalue weighted by atomic mass is 10.1. The molecule has 1 aromatic rings. The summed E-state index contributed by atoms with van der Waals surface area (Å²) >= 11 is 0. The Morgan fingerprint density at radius 3 is 2.85 bits per heavy atom. The van der Waals surface area contributed by atoms with Crippen molar-refractivity contribution in [1.29, 1.82) is 0 Å². The Balaban J connectivity index is 1.88. The van der Waals surface area contributed by atoms with Gasteiger partial charge in [0.05, 0.1) is 6.10 Å². The van der Waals surface area contributed by atoms with Gasteiger partial charge in [0.1, 0.15) is 6.61 Å². The Morgan fingerprint density at radius 1 is 1.35 bits per heavy atom. The van der Waals surface area contributed by atoms with Crippen molar-refractivity contribution in [2.75, 3.05) is 26.3 Å². The van der Waals surface area contributed by atoms with Gasteiger partial charge in [0.2, 0.25) is 0 Å². The van der Waals surface area contributed by atoms with Crippen LogP contribution in [-0.2, 0) is 11.3 Å². The summed E-state index contributed by atoms with van der Waals surface area (Å²) in [6.07, 6.45) is 2.69. The third-order valence-corrected chi connectivity index (χ3v) is 3.58. The van der Waals surface area contributed by atoms with Gasteiger partial charge in [-0.1, -0.05) is 24.0 Å². The second kappa shape index (κ2) is 8.06. The van der Waals surface area contributed by atoms with Crippen molar-refractivity contribution >= 4 is 0 Å². The Bertz CT molecular complexity index is 467. The largest absolute Gasteiger partial charge is 0.384 e. The first-order valence-corrected chi connectivity index (χ1v) is 7.34. The molecule has 3 heteroatoms. The number of hydrogen-bond acceptors (Lipinski definition) is 3. The molecule has 0 spiro atoms. The summed E-state index contributed by atoms with van der Waals surface area (Å²) in [7, 11) is 0. The summed E-state index contributed by atoms with van der Waals surface area (Å²) in [6.45, 7) is 5.94. The number of benzene rings is 1. The van der Waals surface area contributed by atoms with Crippen LogP contribution in [0.2, 0.25) is 0 Å². The van der Waals surface area contributed by atoms with E-state index in [-0.39, 0.29) is 6.61 Å². The summed E-state index contributed by atoms with van der Waals surface area (Å²) in [5.74, 6) is 5.65. The molecular weight excluding hydrogens is 250 g/mol. The van der Waals surface area contributed by atoms with E-state index in [9.17, 15) is 0 Å². The molecule has 1 aliphatic heterocycles. The lowest BCUT2D eigenvalue weighted by Gasteiger charge is -2.31. The highest BCUT2D eigenvalue weighted by Gasteiger charge is 2.19. The zero-order valence-corrected chi connectivity index (χ0v) is 12.1. The molecule has 1 aromatic carbocycles. The number of aliphatic hydroxyl groups excluding tert-OH is 1. The zero-order chi connectivity index (χ0) is 14.2. The van der Waals surface area contributed by atoms with Crippen molar-refractivity contribution in [3.05, 3.63) is 35.4 Å². The fraction of sp³-hybridized carbons (Fsp3) is 0.529. The monoisotopic (exact) mass is 273 g/mol. The van der Waals surface area contributed by atoms with Crippen LogP contribution < -0.4 is 0 Å². The molecule has 1 N–H and O–H groups in total. The van der Waals surface area contributed by atoms with Crippen molar-refractivity contribution < 1.29 is 9.84 Å². The highest BCUT2D eigenvalue weighted by molar-refractivity contribution is 5.37. The van der Waals surface area contributed by atoms with Gasteiger partial charge in [-0.05, 0) is 37.5 Å². The summed E-state index contributed by atoms with van der Waals surface area (Å²) < 4.78 is 5.68. The fourth-order valence-electron chi connectivity index (χ4n) is 2.62. The van der Waals surface area contributed by atoms with Gasteiger partial charge in [0, 0.05) is 31.8 Å². The topological polar surface area (TPSA) is 32.7 Å². The van der Waals surface area contributed by atoms with Crippen molar-refractivity contribution in [1.82, 2.24) is 4.90 Å². The van der Waals surface area contributed by atoms with E-state index in [4.69, 9.17) is 9.84 Å². The third-order valence-electron chi connectivity index (χ3n) is 3.58. The molecule has 0 amide bonds. The van der Waals surface area contributed by atoms with Crippen LogP contribution in [0.25, 0.3) is 0 Å². The maximum atomic E-state index is 8.73. The first-order chi connectivity index (χ1) is 9.81. The SMILES string of the molecule is CCOC1CCN(Cc2cccc(C#CCO)c2)CC1. The van der Waals surface area contributed by atoms with Crippen molar-refractivity contribution in [3.8, 4) is 11.8 Å². The molecule has 108 valence electrons. The molecule has 1 fully saturated rings. The van der Waals surface area contributed by atoms with Crippen LogP contribution in [0.5, 0.6) is 0 Å². The lowest BCUT2D eigenvalue weighted by molar-refractivity contribution is 0.0125. The van der Waals surface area contributed by atoms with Crippen LogP contribution in [-0.4, -0.2) is 42.4 Å². The molecule has 2 rings (SSSR count). The summed E-state index contributed by atoms with van der Waals surface area (Å²) in [5, 5.41) is 8.73. The maximum Gasteiger partial charge on any atom is 0.104 e. The summed E-state index contributed by atoms with van der Waals surface area (Å²) in [4.78, 5) is 2.47. The third kappa shape index (κ3) is 4.64. The number of rotatable bonds is 4. The Hall–Kier alpha value is -1.34. The van der Waals surface area contributed by atoms with Crippen LogP contribution >= 0.6 is 0 Å². The normalized spacial score (nSPS) is 16.7. The summed E-state index contributed by atoms with van der Waals surface area (Å²) in [5.41, 5.74) is 2.25. The van der Waals surface area contributed by atoms with Gasteiger partial charge in [0.25, 0.3) is 0 Å². The van der Waals surface area contributed by atoms with Gasteiger partial charge < -0.3 is 9.84 Å². The highest BCUT2D eigenvalue weighted by atomic mass is 16.5. The van der Waals surface area contributed by atoms with E-state index >= 15 is 0 Å². The van der Waals surface area contributed by atoms with Crippen LogP contribution in [0.15, 0.2) is 24.3 Å². The smallest absolute Gasteiger partial charge is 0.104 e. The Morgan fingerprint density at radius 2 is 2.15 bits per heavy atom. The standard InChI is InChI=1S/C17H23NO2/c1-2-20-17-8-10-18(11-9-17)14-16-6-3-5-15(13-16)7-4-12-19/h3,5-6,13,17,19H,2,8-12,14H2,1H3. The molecule has 0 atom stereocenters. The fourth-order valence-corrected chi connectivity index (χ4v) is 2.62. The minimum atomic E-state index is -0.0881. The van der Waals surface area contributed by atoms with E-state index in [0.717, 1.165) is 44.6 Å². The average molecular weight is 273 g/mol. The van der Waals surface area contributed by atoms with E-state index in [2.05, 4.69) is 35.8 Å². The van der Waals surface area contributed by atoms with Crippen LogP contribution in [0.3, 0.4) is 0 Å². The molecule has 0 saturated carbocycles. The zero-order valence-electron chi connectivity index (χ0n) is 12.1. The highest BCUT2D eigenvalue weighted by Crippen LogP contribution is 2.16. The summed E-state index contributed by atoms with van der Waals surface area (Å²) in [6, 6.07) is 8.26. The van der Waals surface area contributed by atoms with Crippen molar-refractivity contribution in [2.45, 2.75) is 32.4 Å². The van der Waals surface area contributed by atoms with E-state index in [1.807, 2.05) is 12.1 Å². The molecule has 0 aliphatic carbocycles. The Kier molecular flexibility index (Phi) is 6.07. The second-order valence-corrected chi connectivity index (χ2v) is 5.09. The van der Waals surface area contributed by atoms with Gasteiger partial charge in [-0.15, -0.1) is 0 Å². The lowest BCUT2D eigenvalue weighted by Crippen LogP contribution is -2.36. The van der Waals surface area contributed by atoms with E-state index in [1.165, 1.54) is 5.56 Å². The quantitative estimate of drug-likeness (QED) is 0.852. The number of hydrogen-bond donors (Lipinski definition) is 1. The number of aliphatic hydroxyl groups is 1. The van der Waals surface area contributed by atoms with Gasteiger partial charge in [0.15, 0.2) is 0 Å². The predicted octanol–water partition coefficient (Wildman–Crippen LogP) is 2.03. The number of nitrogens with zero attached hydrogens (tertiary/aromatic N) is 1. The van der Waals surface area contributed by atoms with Gasteiger partial charge in [-0.3, -0.25) is 4.90 Å². The van der Waals surface area contributed by atoms with E-state index in [1.54, 1.807) is 0 Å². The van der Waals surface area contributed by atoms with E-state index in [0.29, 0.717) is 6.10 Å². The molecule has 0 aromatic heterocycles. The van der Waals surface area contributed by atoms with E-state index < -0.39 is 0 Å². The number of piperidine rings is 1. The van der Waals surface area contributed by atoms with Crippen LogP contribution in [0, 0.1) is 11.8 Å². The molecule has 1 saturated heterocycles. The first-order valence-electron chi connectivity index (χ1n) is 7.34. The minimum Gasteiger partial charge on any atom is -0.384 e. The molecule has 3 nitrogen and oxygen atoms in total. The number of ether oxygens (including phenoxy) is 1. The predicted molar refractivity (Wildman–Crippen MR) is 80.3 cm³/mol. The molecule has 1 aliphatic rings. The van der Waals surface area contributed by atoms with Crippen LogP contribution in [0.4, 0.5) is 0 Å². The minimum absolute atomic E-state index is 0.0881. The van der Waals surface area contributed by atoms with Crippen molar-refractivity contribution in [3.63, 3.8) is 0 Å². The average Bonchev–Trinajstić information content (AvgIpc) is 2.48. The molecular formula is C17H23NO2. The molecule has 0 radical (unpaired) electrons. The second-order valence-electron chi connectivity index (χ2n) is 5.09.